The van der Waals surface area contributed by atoms with Crippen LogP contribution >= 0.6 is 0 Å². The molecule has 1 aromatic carbocycles. The van der Waals surface area contributed by atoms with Gasteiger partial charge in [-0.25, -0.2) is 4.39 Å². The number of nitrogens with zero attached hydrogens (tertiary/aromatic N) is 2. The minimum Gasteiger partial charge on any atom is -0.383 e. The summed E-state index contributed by atoms with van der Waals surface area (Å²) < 4.78 is 17.8. The lowest BCUT2D eigenvalue weighted by Crippen LogP contribution is -2.55. The number of hydrogen-bond acceptors (Lipinski definition) is 5. The number of hydrogen-bond donors (Lipinski definition) is 2. The van der Waals surface area contributed by atoms with Crippen LogP contribution in [0.2, 0.25) is 0 Å². The molecule has 0 spiro atoms. The first-order chi connectivity index (χ1) is 13.5. The molecule has 1 unspecified atom stereocenters. The third kappa shape index (κ3) is 7.53. The zero-order chi connectivity index (χ0) is 20.4. The van der Waals surface area contributed by atoms with Crippen molar-refractivity contribution >= 4 is 11.8 Å². The Morgan fingerprint density at radius 1 is 1.11 bits per heavy atom. The third-order valence-corrected chi connectivity index (χ3v) is 4.96. The van der Waals surface area contributed by atoms with E-state index in [1.807, 2.05) is 6.92 Å². The molecule has 0 aromatic heterocycles. The summed E-state index contributed by atoms with van der Waals surface area (Å²) in [7, 11) is 1.60. The summed E-state index contributed by atoms with van der Waals surface area (Å²) in [6.45, 7) is 6.83. The van der Waals surface area contributed by atoms with Gasteiger partial charge < -0.3 is 15.4 Å². The Balaban J connectivity index is 1.64. The first kappa shape index (κ1) is 22.3. The second kappa shape index (κ2) is 11.7. The van der Waals surface area contributed by atoms with Crippen LogP contribution in [0.25, 0.3) is 0 Å². The molecule has 2 N–H and O–H groups in total. The molecule has 0 radical (unpaired) electrons. The van der Waals surface area contributed by atoms with Crippen LogP contribution in [-0.2, 0) is 20.7 Å². The number of carbonyl (C=O) groups is 2. The fourth-order valence-electron chi connectivity index (χ4n) is 3.15. The molecular formula is C20H31FN4O3. The van der Waals surface area contributed by atoms with E-state index in [0.717, 1.165) is 31.7 Å². The summed E-state index contributed by atoms with van der Waals surface area (Å²) in [6.07, 6.45) is 0.671. The molecule has 2 rings (SSSR count). The van der Waals surface area contributed by atoms with E-state index in [0.29, 0.717) is 32.7 Å². The third-order valence-electron chi connectivity index (χ3n) is 4.96. The van der Waals surface area contributed by atoms with Gasteiger partial charge in [0.1, 0.15) is 5.82 Å². The normalized spacial score (nSPS) is 16.5. The Hall–Kier alpha value is -2.03. The molecule has 0 aliphatic carbocycles. The number of piperazine rings is 1. The molecule has 1 saturated heterocycles. The Labute approximate surface area is 166 Å². The topological polar surface area (TPSA) is 73.9 Å². The molecule has 1 atom stereocenters. The van der Waals surface area contributed by atoms with Crippen molar-refractivity contribution in [3.63, 3.8) is 0 Å². The standard InChI is InChI=1S/C20H31FN4O3/c1-16(20(27)23-8-7-17-3-5-18(21)6-4-17)25-12-10-24(11-13-25)15-19(26)22-9-14-28-2/h3-6,16H,7-15H2,1-2H3,(H,22,26)(H,23,27). The van der Waals surface area contributed by atoms with Crippen LogP contribution in [0.4, 0.5) is 4.39 Å². The van der Waals surface area contributed by atoms with Gasteiger partial charge in [-0.2, -0.15) is 0 Å². The highest BCUT2D eigenvalue weighted by atomic mass is 19.1. The average Bonchev–Trinajstić information content (AvgIpc) is 2.69. The predicted octanol–water partition coefficient (Wildman–Crippen LogP) is 0.253. The lowest BCUT2D eigenvalue weighted by Gasteiger charge is -2.37. The molecular weight excluding hydrogens is 363 g/mol. The van der Waals surface area contributed by atoms with Crippen molar-refractivity contribution in [2.45, 2.75) is 19.4 Å². The Kier molecular flexibility index (Phi) is 9.33. The van der Waals surface area contributed by atoms with E-state index in [2.05, 4.69) is 20.4 Å². The molecule has 1 aliphatic heterocycles. The minimum atomic E-state index is -0.256. The summed E-state index contributed by atoms with van der Waals surface area (Å²) in [5, 5.41) is 5.77. The quantitative estimate of drug-likeness (QED) is 0.557. The molecule has 7 nitrogen and oxygen atoms in total. The minimum absolute atomic E-state index is 0.00270. The van der Waals surface area contributed by atoms with E-state index >= 15 is 0 Å². The number of ether oxygens (including phenoxy) is 1. The number of benzene rings is 1. The number of amides is 2. The average molecular weight is 394 g/mol. The maximum absolute atomic E-state index is 12.9. The lowest BCUT2D eigenvalue weighted by molar-refractivity contribution is -0.127. The first-order valence-electron chi connectivity index (χ1n) is 9.74. The van der Waals surface area contributed by atoms with Crippen molar-refractivity contribution in [1.29, 1.82) is 0 Å². The van der Waals surface area contributed by atoms with E-state index in [-0.39, 0.29) is 23.7 Å². The summed E-state index contributed by atoms with van der Waals surface area (Å²) in [5.41, 5.74) is 0.992. The second-order valence-electron chi connectivity index (χ2n) is 7.00. The van der Waals surface area contributed by atoms with E-state index in [9.17, 15) is 14.0 Å². The molecule has 0 bridgehead atoms. The van der Waals surface area contributed by atoms with Gasteiger partial charge in [-0.05, 0) is 31.0 Å². The van der Waals surface area contributed by atoms with Gasteiger partial charge >= 0.3 is 0 Å². The van der Waals surface area contributed by atoms with Crippen LogP contribution in [0, 0.1) is 5.82 Å². The van der Waals surface area contributed by atoms with Crippen molar-refractivity contribution in [3.8, 4) is 0 Å². The molecule has 8 heteroatoms. The first-order valence-corrected chi connectivity index (χ1v) is 9.74. The monoisotopic (exact) mass is 394 g/mol. The lowest BCUT2D eigenvalue weighted by atomic mass is 10.1. The van der Waals surface area contributed by atoms with E-state index < -0.39 is 0 Å². The van der Waals surface area contributed by atoms with Gasteiger partial charge in [-0.1, -0.05) is 12.1 Å². The largest absolute Gasteiger partial charge is 0.383 e. The van der Waals surface area contributed by atoms with Crippen LogP contribution in [0.15, 0.2) is 24.3 Å². The molecule has 1 heterocycles. The SMILES string of the molecule is COCCNC(=O)CN1CCN(C(C)C(=O)NCCc2ccc(F)cc2)CC1. The second-order valence-corrected chi connectivity index (χ2v) is 7.00. The summed E-state index contributed by atoms with van der Waals surface area (Å²) >= 11 is 0. The van der Waals surface area contributed by atoms with Crippen LogP contribution in [-0.4, -0.2) is 87.2 Å². The number of methoxy groups -OCH3 is 1. The maximum atomic E-state index is 12.9. The van der Waals surface area contributed by atoms with Gasteiger partial charge in [0.25, 0.3) is 0 Å². The van der Waals surface area contributed by atoms with Gasteiger partial charge in [-0.3, -0.25) is 19.4 Å². The fraction of sp³-hybridized carbons (Fsp3) is 0.600. The van der Waals surface area contributed by atoms with E-state index in [4.69, 9.17) is 4.74 Å². The highest BCUT2D eigenvalue weighted by Gasteiger charge is 2.26. The van der Waals surface area contributed by atoms with Crippen molar-refractivity contribution in [2.75, 3.05) is 59.5 Å². The molecule has 156 valence electrons. The van der Waals surface area contributed by atoms with Crippen molar-refractivity contribution < 1.29 is 18.7 Å². The number of rotatable bonds is 10. The van der Waals surface area contributed by atoms with Gasteiger partial charge in [0.2, 0.25) is 11.8 Å². The van der Waals surface area contributed by atoms with Crippen LogP contribution in [0.3, 0.4) is 0 Å². The fourth-order valence-corrected chi connectivity index (χ4v) is 3.15. The molecule has 1 fully saturated rings. The molecule has 1 aliphatic rings. The number of nitrogens with one attached hydrogen (secondary N) is 2. The van der Waals surface area contributed by atoms with Crippen molar-refractivity contribution in [2.24, 2.45) is 0 Å². The highest BCUT2D eigenvalue weighted by Crippen LogP contribution is 2.07. The zero-order valence-electron chi connectivity index (χ0n) is 16.7. The van der Waals surface area contributed by atoms with Crippen LogP contribution in [0.1, 0.15) is 12.5 Å². The molecule has 0 saturated carbocycles. The van der Waals surface area contributed by atoms with Gasteiger partial charge in [0.05, 0.1) is 19.2 Å². The number of halogens is 1. The summed E-state index contributed by atoms with van der Waals surface area (Å²) in [5.74, 6) is -0.266. The van der Waals surface area contributed by atoms with E-state index in [1.54, 1.807) is 19.2 Å². The van der Waals surface area contributed by atoms with E-state index in [1.165, 1.54) is 12.1 Å². The zero-order valence-corrected chi connectivity index (χ0v) is 16.7. The summed E-state index contributed by atoms with van der Waals surface area (Å²) in [6, 6.07) is 6.10. The summed E-state index contributed by atoms with van der Waals surface area (Å²) in [4.78, 5) is 28.5. The molecule has 1 aromatic rings. The van der Waals surface area contributed by atoms with Gasteiger partial charge in [0, 0.05) is 46.4 Å². The number of carbonyl (C=O) groups excluding carboxylic acids is 2. The van der Waals surface area contributed by atoms with Gasteiger partial charge in [0.15, 0.2) is 0 Å². The molecule has 28 heavy (non-hydrogen) atoms. The Morgan fingerprint density at radius 2 is 1.79 bits per heavy atom. The van der Waals surface area contributed by atoms with Gasteiger partial charge in [-0.15, -0.1) is 0 Å². The smallest absolute Gasteiger partial charge is 0.237 e. The Bertz CT molecular complexity index is 618. The predicted molar refractivity (Wildman–Crippen MR) is 105 cm³/mol. The van der Waals surface area contributed by atoms with Crippen molar-refractivity contribution in [3.05, 3.63) is 35.6 Å². The van der Waals surface area contributed by atoms with Crippen LogP contribution < -0.4 is 10.6 Å². The maximum Gasteiger partial charge on any atom is 0.237 e. The Morgan fingerprint density at radius 3 is 2.43 bits per heavy atom. The molecule has 2 amide bonds. The van der Waals surface area contributed by atoms with Crippen LogP contribution in [0.5, 0.6) is 0 Å². The van der Waals surface area contributed by atoms with Crippen molar-refractivity contribution in [1.82, 2.24) is 20.4 Å². The highest BCUT2D eigenvalue weighted by molar-refractivity contribution is 5.81.